The van der Waals surface area contributed by atoms with Gasteiger partial charge < -0.3 is 20.0 Å². The molecular weight excluding hydrogens is 356 g/mol. The molecule has 158 valence electrons. The van der Waals surface area contributed by atoms with Crippen LogP contribution in [0.3, 0.4) is 0 Å². The van der Waals surface area contributed by atoms with Crippen molar-refractivity contribution in [1.82, 2.24) is 20.0 Å². The lowest BCUT2D eigenvalue weighted by atomic mass is 9.93. The number of piperazine rings is 1. The van der Waals surface area contributed by atoms with Gasteiger partial charge in [0.1, 0.15) is 0 Å². The largest absolute Gasteiger partial charge is 0.343 e. The Morgan fingerprint density at radius 2 is 1.64 bits per heavy atom. The molecule has 3 saturated heterocycles. The number of piperidine rings is 1. The average Bonchev–Trinajstić information content (AvgIpc) is 3.20. The molecule has 0 saturated carbocycles. The molecule has 0 bridgehead atoms. The van der Waals surface area contributed by atoms with Crippen LogP contribution in [-0.2, 0) is 14.4 Å². The number of likely N-dealkylation sites (tertiary alicyclic amines) is 2. The molecule has 7 heteroatoms. The minimum atomic E-state index is -0.163. The Bertz CT molecular complexity index is 566. The molecule has 0 aromatic rings. The van der Waals surface area contributed by atoms with E-state index in [0.29, 0.717) is 37.9 Å². The fourth-order valence-electron chi connectivity index (χ4n) is 4.60. The van der Waals surface area contributed by atoms with E-state index in [2.05, 4.69) is 19.2 Å². The minimum Gasteiger partial charge on any atom is -0.343 e. The van der Waals surface area contributed by atoms with E-state index in [1.807, 2.05) is 9.80 Å². The molecule has 0 aliphatic carbocycles. The summed E-state index contributed by atoms with van der Waals surface area (Å²) in [6.45, 7) is 8.97. The molecule has 0 radical (unpaired) electrons. The maximum atomic E-state index is 12.7. The van der Waals surface area contributed by atoms with Crippen molar-refractivity contribution >= 4 is 17.7 Å². The van der Waals surface area contributed by atoms with Gasteiger partial charge in [-0.25, -0.2) is 0 Å². The number of amides is 3. The van der Waals surface area contributed by atoms with Gasteiger partial charge in [0.2, 0.25) is 17.7 Å². The van der Waals surface area contributed by atoms with Crippen molar-refractivity contribution in [2.24, 2.45) is 11.8 Å². The molecule has 7 nitrogen and oxygen atoms in total. The highest BCUT2D eigenvalue weighted by Crippen LogP contribution is 2.23. The van der Waals surface area contributed by atoms with Crippen molar-refractivity contribution < 1.29 is 14.4 Å². The van der Waals surface area contributed by atoms with Gasteiger partial charge in [-0.15, -0.1) is 0 Å². The zero-order valence-electron chi connectivity index (χ0n) is 17.5. The van der Waals surface area contributed by atoms with Crippen LogP contribution < -0.4 is 5.32 Å². The summed E-state index contributed by atoms with van der Waals surface area (Å²) in [6, 6.07) is -0.163. The van der Waals surface area contributed by atoms with Crippen molar-refractivity contribution in [3.05, 3.63) is 0 Å². The van der Waals surface area contributed by atoms with Crippen molar-refractivity contribution in [2.45, 2.75) is 58.4 Å². The van der Waals surface area contributed by atoms with Crippen molar-refractivity contribution in [3.63, 3.8) is 0 Å². The van der Waals surface area contributed by atoms with Gasteiger partial charge in [0.05, 0.1) is 12.6 Å². The number of rotatable bonds is 6. The summed E-state index contributed by atoms with van der Waals surface area (Å²) >= 11 is 0. The van der Waals surface area contributed by atoms with Crippen LogP contribution in [0.2, 0.25) is 0 Å². The van der Waals surface area contributed by atoms with Gasteiger partial charge in [0.15, 0.2) is 0 Å². The van der Waals surface area contributed by atoms with Crippen molar-refractivity contribution in [1.29, 1.82) is 0 Å². The van der Waals surface area contributed by atoms with E-state index in [9.17, 15) is 14.4 Å². The number of nitrogens with one attached hydrogen (secondary N) is 1. The monoisotopic (exact) mass is 392 g/mol. The van der Waals surface area contributed by atoms with Gasteiger partial charge in [-0.05, 0) is 43.9 Å². The van der Waals surface area contributed by atoms with Crippen LogP contribution in [0.15, 0.2) is 0 Å². The van der Waals surface area contributed by atoms with Crippen LogP contribution in [0.1, 0.15) is 52.4 Å². The molecule has 3 rings (SSSR count). The average molecular weight is 393 g/mol. The Labute approximate surface area is 168 Å². The van der Waals surface area contributed by atoms with Gasteiger partial charge >= 0.3 is 0 Å². The smallest absolute Gasteiger partial charge is 0.242 e. The Balaban J connectivity index is 1.42. The lowest BCUT2D eigenvalue weighted by Crippen LogP contribution is -2.57. The fourth-order valence-corrected chi connectivity index (χ4v) is 4.60. The molecule has 3 aliphatic heterocycles. The van der Waals surface area contributed by atoms with Gasteiger partial charge in [-0.1, -0.05) is 13.8 Å². The first-order chi connectivity index (χ1) is 13.4. The standard InChI is InChI=1S/C21H36N4O3/c1-16(2)13-18-21(28)25(12-7-22-18)15-20(27)24-10-5-17(6-11-24)14-19(26)23-8-3-4-9-23/h16-18,22H,3-15H2,1-2H3/t18-/m0/s1. The fraction of sp³-hybridized carbons (Fsp3) is 0.857. The molecule has 3 amide bonds. The second-order valence-electron chi connectivity index (χ2n) is 9.01. The number of hydrogen-bond donors (Lipinski definition) is 1. The minimum absolute atomic E-state index is 0.0443. The number of nitrogens with zero attached hydrogens (tertiary/aromatic N) is 3. The Morgan fingerprint density at radius 1 is 1.00 bits per heavy atom. The first-order valence-corrected chi connectivity index (χ1v) is 11.0. The quantitative estimate of drug-likeness (QED) is 0.734. The molecule has 28 heavy (non-hydrogen) atoms. The highest BCUT2D eigenvalue weighted by molar-refractivity contribution is 5.88. The van der Waals surface area contributed by atoms with E-state index in [-0.39, 0.29) is 30.3 Å². The molecule has 0 unspecified atom stereocenters. The van der Waals surface area contributed by atoms with Gasteiger partial charge in [-0.2, -0.15) is 0 Å². The second kappa shape index (κ2) is 9.72. The molecule has 3 heterocycles. The molecule has 0 aromatic heterocycles. The van der Waals surface area contributed by atoms with Crippen molar-refractivity contribution in [2.75, 3.05) is 45.8 Å². The molecule has 3 fully saturated rings. The summed E-state index contributed by atoms with van der Waals surface area (Å²) in [5, 5.41) is 3.28. The maximum absolute atomic E-state index is 12.7. The van der Waals surface area contributed by atoms with Crippen LogP contribution >= 0.6 is 0 Å². The third-order valence-corrected chi connectivity index (χ3v) is 6.30. The number of carbonyl (C=O) groups is 3. The first-order valence-electron chi connectivity index (χ1n) is 11.0. The molecule has 0 spiro atoms. The van der Waals surface area contributed by atoms with E-state index >= 15 is 0 Å². The summed E-state index contributed by atoms with van der Waals surface area (Å²) in [5.74, 6) is 1.21. The predicted molar refractivity (Wildman–Crippen MR) is 108 cm³/mol. The maximum Gasteiger partial charge on any atom is 0.242 e. The van der Waals surface area contributed by atoms with Crippen LogP contribution in [0.25, 0.3) is 0 Å². The molecular formula is C21H36N4O3. The third-order valence-electron chi connectivity index (χ3n) is 6.30. The van der Waals surface area contributed by atoms with Gasteiger partial charge in [0.25, 0.3) is 0 Å². The number of carbonyl (C=O) groups excluding carboxylic acids is 3. The van der Waals surface area contributed by atoms with E-state index < -0.39 is 0 Å². The van der Waals surface area contributed by atoms with Crippen LogP contribution in [0.5, 0.6) is 0 Å². The van der Waals surface area contributed by atoms with Crippen molar-refractivity contribution in [3.8, 4) is 0 Å². The van der Waals surface area contributed by atoms with E-state index in [0.717, 1.165) is 51.7 Å². The molecule has 1 atom stereocenters. The van der Waals surface area contributed by atoms with Gasteiger partial charge in [0, 0.05) is 45.7 Å². The van der Waals surface area contributed by atoms with Crippen LogP contribution in [0, 0.1) is 11.8 Å². The third kappa shape index (κ3) is 5.46. The zero-order chi connectivity index (χ0) is 20.1. The van der Waals surface area contributed by atoms with E-state index in [1.54, 1.807) is 4.90 Å². The zero-order valence-corrected chi connectivity index (χ0v) is 17.5. The Morgan fingerprint density at radius 3 is 2.29 bits per heavy atom. The number of hydrogen-bond acceptors (Lipinski definition) is 4. The lowest BCUT2D eigenvalue weighted by Gasteiger charge is -2.37. The van der Waals surface area contributed by atoms with E-state index in [4.69, 9.17) is 0 Å². The lowest BCUT2D eigenvalue weighted by molar-refractivity contribution is -0.144. The van der Waals surface area contributed by atoms with Gasteiger partial charge in [-0.3, -0.25) is 14.4 Å². The summed E-state index contributed by atoms with van der Waals surface area (Å²) in [6.07, 6.45) is 5.45. The highest BCUT2D eigenvalue weighted by Gasteiger charge is 2.32. The summed E-state index contributed by atoms with van der Waals surface area (Å²) in [5.41, 5.74) is 0. The van der Waals surface area contributed by atoms with Crippen LogP contribution in [-0.4, -0.2) is 84.3 Å². The summed E-state index contributed by atoms with van der Waals surface area (Å²) in [4.78, 5) is 43.3. The summed E-state index contributed by atoms with van der Waals surface area (Å²) < 4.78 is 0. The molecule has 1 N–H and O–H groups in total. The SMILES string of the molecule is CC(C)C[C@@H]1NCCN(CC(=O)N2CCC(CC(=O)N3CCCC3)CC2)C1=O. The highest BCUT2D eigenvalue weighted by atomic mass is 16.2. The van der Waals surface area contributed by atoms with Crippen LogP contribution in [0.4, 0.5) is 0 Å². The molecule has 0 aromatic carbocycles. The predicted octanol–water partition coefficient (Wildman–Crippen LogP) is 1.08. The normalized spacial score (nSPS) is 24.3. The Kier molecular flexibility index (Phi) is 7.32. The Hall–Kier alpha value is -1.63. The first kappa shape index (κ1) is 21.1. The molecule has 3 aliphatic rings. The topological polar surface area (TPSA) is 73.0 Å². The second-order valence-corrected chi connectivity index (χ2v) is 9.01. The summed E-state index contributed by atoms with van der Waals surface area (Å²) in [7, 11) is 0. The van der Waals surface area contributed by atoms with E-state index in [1.165, 1.54) is 0 Å².